The number of urea groups is 1. The molecule has 0 bridgehead atoms. The van der Waals surface area contributed by atoms with E-state index in [0.29, 0.717) is 19.6 Å². The van der Waals surface area contributed by atoms with E-state index in [0.717, 1.165) is 23.2 Å². The first-order valence-electron chi connectivity index (χ1n) is 8.42. The van der Waals surface area contributed by atoms with Gasteiger partial charge in [0.25, 0.3) is 0 Å². The average molecular weight is 338 g/mol. The van der Waals surface area contributed by atoms with Crippen LogP contribution in [0.5, 0.6) is 0 Å². The van der Waals surface area contributed by atoms with E-state index in [1.54, 1.807) is 22.2 Å². The van der Waals surface area contributed by atoms with E-state index in [4.69, 9.17) is 0 Å². The third-order valence-corrected chi connectivity index (χ3v) is 4.26. The molecule has 6 nitrogen and oxygen atoms in total. The van der Waals surface area contributed by atoms with Crippen molar-refractivity contribution in [3.8, 4) is 0 Å². The lowest BCUT2D eigenvalue weighted by molar-refractivity contribution is -0.121. The Morgan fingerprint density at radius 1 is 1.12 bits per heavy atom. The molecule has 25 heavy (non-hydrogen) atoms. The molecule has 1 saturated heterocycles. The molecule has 0 unspecified atom stereocenters. The van der Waals surface area contributed by atoms with Gasteiger partial charge in [0.15, 0.2) is 0 Å². The Balaban J connectivity index is 1.47. The summed E-state index contributed by atoms with van der Waals surface area (Å²) in [5.74, 6) is -0.131. The highest BCUT2D eigenvalue weighted by Gasteiger charge is 2.30. The third-order valence-electron chi connectivity index (χ3n) is 4.26. The molecule has 0 radical (unpaired) electrons. The summed E-state index contributed by atoms with van der Waals surface area (Å²) in [6, 6.07) is 11.6. The number of carbonyl (C=O) groups excluding carboxylic acids is 2. The summed E-state index contributed by atoms with van der Waals surface area (Å²) >= 11 is 0. The van der Waals surface area contributed by atoms with E-state index in [1.807, 2.05) is 43.3 Å². The molecule has 3 amide bonds. The van der Waals surface area contributed by atoms with Crippen LogP contribution in [0.4, 0.5) is 10.5 Å². The number of nitrogens with zero attached hydrogens (tertiary/aromatic N) is 3. The van der Waals surface area contributed by atoms with Crippen LogP contribution in [0.1, 0.15) is 11.1 Å². The fraction of sp³-hybridized carbons (Fsp3) is 0.316. The number of anilines is 1. The summed E-state index contributed by atoms with van der Waals surface area (Å²) in [5.41, 5.74) is 3.15. The summed E-state index contributed by atoms with van der Waals surface area (Å²) in [5, 5.41) is 2.87. The van der Waals surface area contributed by atoms with Crippen molar-refractivity contribution < 1.29 is 9.59 Å². The first kappa shape index (κ1) is 17.0. The molecular formula is C19H22N4O2. The van der Waals surface area contributed by atoms with Gasteiger partial charge in [0.2, 0.25) is 5.91 Å². The smallest absolute Gasteiger partial charge is 0.325 e. The number of aromatic nitrogens is 1. The number of rotatable bonds is 6. The lowest BCUT2D eigenvalue weighted by Crippen LogP contribution is -2.40. The molecule has 3 rings (SSSR count). The maximum Gasteiger partial charge on any atom is 0.325 e. The molecule has 130 valence electrons. The zero-order valence-corrected chi connectivity index (χ0v) is 14.3. The molecule has 0 saturated carbocycles. The highest BCUT2D eigenvalue weighted by Crippen LogP contribution is 2.20. The van der Waals surface area contributed by atoms with Gasteiger partial charge < -0.3 is 10.2 Å². The molecule has 1 fully saturated rings. The molecule has 2 aromatic rings. The minimum Gasteiger partial charge on any atom is -0.354 e. The highest BCUT2D eigenvalue weighted by molar-refractivity contribution is 5.96. The zero-order valence-electron chi connectivity index (χ0n) is 14.3. The Labute approximate surface area is 147 Å². The maximum atomic E-state index is 12.5. The Hall–Kier alpha value is -2.89. The van der Waals surface area contributed by atoms with Crippen molar-refractivity contribution in [1.29, 1.82) is 0 Å². The third kappa shape index (κ3) is 4.35. The SMILES string of the molecule is Cc1ccc(N2CCN(CC(=O)NCCc3ccncc3)C2=O)cc1. The number of amides is 3. The molecule has 0 atom stereocenters. The molecule has 0 spiro atoms. The van der Waals surface area contributed by atoms with E-state index >= 15 is 0 Å². The monoisotopic (exact) mass is 338 g/mol. The number of carbonyl (C=O) groups is 2. The van der Waals surface area contributed by atoms with Gasteiger partial charge in [-0.2, -0.15) is 0 Å². The van der Waals surface area contributed by atoms with Gasteiger partial charge in [0.1, 0.15) is 6.54 Å². The van der Waals surface area contributed by atoms with Gasteiger partial charge in [0, 0.05) is 37.7 Å². The second-order valence-corrected chi connectivity index (χ2v) is 6.15. The molecule has 0 aliphatic carbocycles. The number of benzene rings is 1. The molecule has 1 N–H and O–H groups in total. The van der Waals surface area contributed by atoms with Crippen molar-refractivity contribution in [2.75, 3.05) is 31.1 Å². The van der Waals surface area contributed by atoms with Crippen LogP contribution in [-0.4, -0.2) is 48.0 Å². The average Bonchev–Trinajstić information content (AvgIpc) is 2.97. The van der Waals surface area contributed by atoms with Crippen LogP contribution in [-0.2, 0) is 11.2 Å². The Bertz CT molecular complexity index is 731. The van der Waals surface area contributed by atoms with Crippen molar-refractivity contribution in [1.82, 2.24) is 15.2 Å². The van der Waals surface area contributed by atoms with Crippen molar-refractivity contribution in [2.24, 2.45) is 0 Å². The molecule has 6 heteroatoms. The zero-order chi connectivity index (χ0) is 17.6. The number of nitrogens with one attached hydrogen (secondary N) is 1. The van der Waals surface area contributed by atoms with Gasteiger partial charge >= 0.3 is 6.03 Å². The molecule has 1 aliphatic rings. The fourth-order valence-corrected chi connectivity index (χ4v) is 2.82. The second-order valence-electron chi connectivity index (χ2n) is 6.15. The number of pyridine rings is 1. The highest BCUT2D eigenvalue weighted by atomic mass is 16.2. The van der Waals surface area contributed by atoms with Gasteiger partial charge in [-0.05, 0) is 43.2 Å². The predicted octanol–water partition coefficient (Wildman–Crippen LogP) is 1.99. The molecule has 2 heterocycles. The topological polar surface area (TPSA) is 65.5 Å². The lowest BCUT2D eigenvalue weighted by atomic mass is 10.2. The Kier molecular flexibility index (Phi) is 5.28. The van der Waals surface area contributed by atoms with Gasteiger partial charge in [0.05, 0.1) is 0 Å². The van der Waals surface area contributed by atoms with E-state index in [-0.39, 0.29) is 18.5 Å². The quantitative estimate of drug-likeness (QED) is 0.876. The minimum atomic E-state index is -0.131. The maximum absolute atomic E-state index is 12.5. The van der Waals surface area contributed by atoms with Crippen LogP contribution >= 0.6 is 0 Å². The van der Waals surface area contributed by atoms with Crippen molar-refractivity contribution in [3.63, 3.8) is 0 Å². The lowest BCUT2D eigenvalue weighted by Gasteiger charge is -2.18. The summed E-state index contributed by atoms with van der Waals surface area (Å²) in [6.07, 6.45) is 4.22. The summed E-state index contributed by atoms with van der Waals surface area (Å²) < 4.78 is 0. The van der Waals surface area contributed by atoms with Crippen LogP contribution < -0.4 is 10.2 Å². The molecule has 1 aromatic heterocycles. The van der Waals surface area contributed by atoms with Gasteiger partial charge in [-0.1, -0.05) is 17.7 Å². The largest absolute Gasteiger partial charge is 0.354 e. The normalized spacial score (nSPS) is 14.0. The first-order valence-corrected chi connectivity index (χ1v) is 8.42. The van der Waals surface area contributed by atoms with Gasteiger partial charge in [-0.25, -0.2) is 4.79 Å². The Morgan fingerprint density at radius 2 is 1.84 bits per heavy atom. The number of hydrogen-bond acceptors (Lipinski definition) is 3. The van der Waals surface area contributed by atoms with Crippen molar-refractivity contribution >= 4 is 17.6 Å². The Morgan fingerprint density at radius 3 is 2.56 bits per heavy atom. The standard InChI is InChI=1S/C19H22N4O2/c1-15-2-4-17(5-3-15)23-13-12-22(19(23)25)14-18(24)21-11-8-16-6-9-20-10-7-16/h2-7,9-10H,8,11-14H2,1H3,(H,21,24). The number of hydrogen-bond donors (Lipinski definition) is 1. The van der Waals surface area contributed by atoms with Crippen LogP contribution in [0.2, 0.25) is 0 Å². The van der Waals surface area contributed by atoms with Crippen LogP contribution in [0.3, 0.4) is 0 Å². The number of aryl methyl sites for hydroxylation is 1. The summed E-state index contributed by atoms with van der Waals surface area (Å²) in [4.78, 5) is 31.8. The minimum absolute atomic E-state index is 0.0948. The van der Waals surface area contributed by atoms with Crippen LogP contribution in [0, 0.1) is 6.92 Å². The summed E-state index contributed by atoms with van der Waals surface area (Å²) in [7, 11) is 0. The second kappa shape index (κ2) is 7.79. The van der Waals surface area contributed by atoms with E-state index in [9.17, 15) is 9.59 Å². The molecule has 1 aromatic carbocycles. The molecule has 1 aliphatic heterocycles. The first-order chi connectivity index (χ1) is 12.1. The fourth-order valence-electron chi connectivity index (χ4n) is 2.82. The van der Waals surface area contributed by atoms with Crippen LogP contribution in [0.15, 0.2) is 48.8 Å². The summed E-state index contributed by atoms with van der Waals surface area (Å²) in [6.45, 7) is 3.82. The van der Waals surface area contributed by atoms with Crippen molar-refractivity contribution in [2.45, 2.75) is 13.3 Å². The van der Waals surface area contributed by atoms with Crippen molar-refractivity contribution in [3.05, 3.63) is 59.9 Å². The predicted molar refractivity (Wildman–Crippen MR) is 96.4 cm³/mol. The molecular weight excluding hydrogens is 316 g/mol. The van der Waals surface area contributed by atoms with Gasteiger partial charge in [-0.3, -0.25) is 14.7 Å². The van der Waals surface area contributed by atoms with E-state index in [2.05, 4.69) is 10.3 Å². The van der Waals surface area contributed by atoms with E-state index < -0.39 is 0 Å². The van der Waals surface area contributed by atoms with Crippen LogP contribution in [0.25, 0.3) is 0 Å². The van der Waals surface area contributed by atoms with E-state index in [1.165, 1.54) is 0 Å². The van der Waals surface area contributed by atoms with Gasteiger partial charge in [-0.15, -0.1) is 0 Å².